The molecule has 1 aliphatic rings. The van der Waals surface area contributed by atoms with Crippen LogP contribution in [-0.2, 0) is 11.2 Å². The number of nitrogens with zero attached hydrogens (tertiary/aromatic N) is 4. The lowest BCUT2D eigenvalue weighted by Crippen LogP contribution is -2.49. The molecule has 0 bridgehead atoms. The number of aryl methyl sites for hydroxylation is 1. The van der Waals surface area contributed by atoms with Gasteiger partial charge in [0.1, 0.15) is 0 Å². The minimum atomic E-state index is 0.191. The third-order valence-corrected chi connectivity index (χ3v) is 6.28. The molecule has 0 saturated carbocycles. The number of benzene rings is 3. The molecule has 1 saturated heterocycles. The number of piperazine rings is 1. The Morgan fingerprint density at radius 3 is 2.34 bits per heavy atom. The van der Waals surface area contributed by atoms with E-state index in [4.69, 9.17) is 0 Å². The summed E-state index contributed by atoms with van der Waals surface area (Å²) in [5.41, 5.74) is 4.24. The van der Waals surface area contributed by atoms with Gasteiger partial charge in [0.05, 0.1) is 12.1 Å². The van der Waals surface area contributed by atoms with Crippen molar-refractivity contribution in [2.24, 2.45) is 0 Å². The third kappa shape index (κ3) is 4.06. The van der Waals surface area contributed by atoms with E-state index in [-0.39, 0.29) is 5.91 Å². The van der Waals surface area contributed by atoms with Gasteiger partial charge in [0.25, 0.3) is 0 Å². The minimum Gasteiger partial charge on any atom is -0.352 e. The van der Waals surface area contributed by atoms with Gasteiger partial charge in [0, 0.05) is 31.7 Å². The fraction of sp³-hybridized carbons (Fsp3) is 0.222. The molecule has 1 aromatic heterocycles. The predicted octanol–water partition coefficient (Wildman–Crippen LogP) is 4.50. The van der Waals surface area contributed by atoms with Crippen LogP contribution in [0.15, 0.2) is 78.9 Å². The first-order chi connectivity index (χ1) is 15.7. The predicted molar refractivity (Wildman–Crippen MR) is 129 cm³/mol. The molecule has 2 heterocycles. The van der Waals surface area contributed by atoms with Gasteiger partial charge in [-0.15, -0.1) is 10.2 Å². The number of carbonyl (C=O) groups excluding carboxylic acids is 1. The number of amides is 1. The second-order valence-electron chi connectivity index (χ2n) is 8.27. The van der Waals surface area contributed by atoms with E-state index >= 15 is 0 Å². The van der Waals surface area contributed by atoms with Crippen LogP contribution in [-0.4, -0.2) is 47.2 Å². The molecule has 0 radical (unpaired) electrons. The summed E-state index contributed by atoms with van der Waals surface area (Å²) < 4.78 is 0. The van der Waals surface area contributed by atoms with Crippen molar-refractivity contribution < 1.29 is 4.79 Å². The van der Waals surface area contributed by atoms with Crippen molar-refractivity contribution in [3.8, 4) is 11.3 Å². The van der Waals surface area contributed by atoms with E-state index in [0.717, 1.165) is 35.7 Å². The quantitative estimate of drug-likeness (QED) is 0.486. The van der Waals surface area contributed by atoms with Crippen molar-refractivity contribution in [2.45, 2.75) is 13.3 Å². The standard InChI is InChI=1S/C27H26N4O/c1-20-7-2-3-9-22(20)19-27(32)31-17-15-30(16-18-31)26-14-13-25(28-29-26)24-12-6-10-21-8-4-5-11-23(21)24/h2-14H,15-19H2,1H3. The SMILES string of the molecule is Cc1ccccc1CC(=O)N1CCN(c2ccc(-c3cccc4ccccc34)nn2)CC1. The summed E-state index contributed by atoms with van der Waals surface area (Å²) in [6.45, 7) is 5.00. The highest BCUT2D eigenvalue weighted by molar-refractivity contribution is 5.95. The van der Waals surface area contributed by atoms with Gasteiger partial charge in [-0.3, -0.25) is 4.79 Å². The molecule has 5 nitrogen and oxygen atoms in total. The molecule has 1 amide bonds. The molecule has 0 spiro atoms. The zero-order valence-electron chi connectivity index (χ0n) is 18.2. The summed E-state index contributed by atoms with van der Waals surface area (Å²) in [4.78, 5) is 16.9. The van der Waals surface area contributed by atoms with Gasteiger partial charge < -0.3 is 9.80 Å². The topological polar surface area (TPSA) is 49.3 Å². The molecular formula is C27H26N4O. The smallest absolute Gasteiger partial charge is 0.227 e. The van der Waals surface area contributed by atoms with E-state index in [0.29, 0.717) is 19.5 Å². The second-order valence-corrected chi connectivity index (χ2v) is 8.27. The summed E-state index contributed by atoms with van der Waals surface area (Å²) in [5.74, 6) is 1.05. The van der Waals surface area contributed by atoms with Crippen LogP contribution in [0.2, 0.25) is 0 Å². The first-order valence-corrected chi connectivity index (χ1v) is 11.1. The maximum atomic E-state index is 12.8. The average Bonchev–Trinajstić information content (AvgIpc) is 2.85. The lowest BCUT2D eigenvalue weighted by atomic mass is 10.0. The molecule has 5 rings (SSSR count). The molecule has 5 heteroatoms. The van der Waals surface area contributed by atoms with Gasteiger partial charge in [0.2, 0.25) is 5.91 Å². The molecule has 0 atom stereocenters. The maximum Gasteiger partial charge on any atom is 0.227 e. The van der Waals surface area contributed by atoms with E-state index in [1.807, 2.05) is 47.4 Å². The number of fused-ring (bicyclic) bond motifs is 1. The largest absolute Gasteiger partial charge is 0.352 e. The Hall–Kier alpha value is -3.73. The van der Waals surface area contributed by atoms with Crippen LogP contribution in [0.1, 0.15) is 11.1 Å². The number of hydrogen-bond donors (Lipinski definition) is 0. The molecule has 4 aromatic rings. The first kappa shape index (κ1) is 20.2. The highest BCUT2D eigenvalue weighted by Crippen LogP contribution is 2.27. The van der Waals surface area contributed by atoms with E-state index in [2.05, 4.69) is 58.4 Å². The number of rotatable bonds is 4. The Balaban J connectivity index is 1.24. The van der Waals surface area contributed by atoms with Crippen LogP contribution < -0.4 is 4.90 Å². The average molecular weight is 423 g/mol. The molecule has 0 aliphatic carbocycles. The molecule has 160 valence electrons. The molecule has 0 N–H and O–H groups in total. The zero-order valence-corrected chi connectivity index (χ0v) is 18.2. The van der Waals surface area contributed by atoms with Crippen molar-refractivity contribution in [1.29, 1.82) is 0 Å². The van der Waals surface area contributed by atoms with Gasteiger partial charge in [-0.05, 0) is 41.0 Å². The van der Waals surface area contributed by atoms with Crippen LogP contribution in [0, 0.1) is 6.92 Å². The Morgan fingerprint density at radius 1 is 0.812 bits per heavy atom. The Morgan fingerprint density at radius 2 is 1.56 bits per heavy atom. The van der Waals surface area contributed by atoms with E-state index in [1.54, 1.807) is 0 Å². The van der Waals surface area contributed by atoms with Crippen LogP contribution >= 0.6 is 0 Å². The van der Waals surface area contributed by atoms with Crippen LogP contribution in [0.5, 0.6) is 0 Å². The zero-order chi connectivity index (χ0) is 21.9. The Bertz CT molecular complexity index is 1240. The van der Waals surface area contributed by atoms with Crippen molar-refractivity contribution in [3.05, 3.63) is 90.0 Å². The van der Waals surface area contributed by atoms with Crippen molar-refractivity contribution in [3.63, 3.8) is 0 Å². The second kappa shape index (κ2) is 8.79. The van der Waals surface area contributed by atoms with E-state index in [1.165, 1.54) is 16.3 Å². The number of carbonyl (C=O) groups is 1. The monoisotopic (exact) mass is 422 g/mol. The van der Waals surface area contributed by atoms with Crippen molar-refractivity contribution in [2.75, 3.05) is 31.1 Å². The molecule has 3 aromatic carbocycles. The highest BCUT2D eigenvalue weighted by Gasteiger charge is 2.22. The number of anilines is 1. The summed E-state index contributed by atoms with van der Waals surface area (Å²) in [5, 5.41) is 11.4. The molecule has 1 fully saturated rings. The first-order valence-electron chi connectivity index (χ1n) is 11.1. The van der Waals surface area contributed by atoms with Gasteiger partial charge in [0.15, 0.2) is 5.82 Å². The van der Waals surface area contributed by atoms with Crippen molar-refractivity contribution in [1.82, 2.24) is 15.1 Å². The van der Waals surface area contributed by atoms with Crippen molar-refractivity contribution >= 4 is 22.5 Å². The van der Waals surface area contributed by atoms with E-state index < -0.39 is 0 Å². The molecule has 1 aliphatic heterocycles. The molecule has 0 unspecified atom stereocenters. The lowest BCUT2D eigenvalue weighted by Gasteiger charge is -2.35. The van der Waals surface area contributed by atoms with Gasteiger partial charge in [-0.2, -0.15) is 0 Å². The normalized spacial score (nSPS) is 14.0. The highest BCUT2D eigenvalue weighted by atomic mass is 16.2. The number of hydrogen-bond acceptors (Lipinski definition) is 4. The van der Waals surface area contributed by atoms with Crippen LogP contribution in [0.3, 0.4) is 0 Å². The van der Waals surface area contributed by atoms with Gasteiger partial charge in [-0.1, -0.05) is 66.7 Å². The summed E-state index contributed by atoms with van der Waals surface area (Å²) in [6.07, 6.45) is 0.464. The molecule has 32 heavy (non-hydrogen) atoms. The minimum absolute atomic E-state index is 0.191. The third-order valence-electron chi connectivity index (χ3n) is 6.28. The van der Waals surface area contributed by atoms with Crippen LogP contribution in [0.25, 0.3) is 22.0 Å². The van der Waals surface area contributed by atoms with E-state index in [9.17, 15) is 4.79 Å². The Kier molecular flexibility index (Phi) is 5.55. The van der Waals surface area contributed by atoms with Crippen LogP contribution in [0.4, 0.5) is 5.82 Å². The Labute approximate surface area is 188 Å². The maximum absolute atomic E-state index is 12.8. The summed E-state index contributed by atoms with van der Waals surface area (Å²) in [6, 6.07) is 26.8. The van der Waals surface area contributed by atoms with Gasteiger partial charge in [-0.25, -0.2) is 0 Å². The molecular weight excluding hydrogens is 396 g/mol. The summed E-state index contributed by atoms with van der Waals surface area (Å²) in [7, 11) is 0. The fourth-order valence-corrected chi connectivity index (χ4v) is 4.35. The summed E-state index contributed by atoms with van der Waals surface area (Å²) >= 11 is 0. The number of aromatic nitrogens is 2. The van der Waals surface area contributed by atoms with Gasteiger partial charge >= 0.3 is 0 Å². The lowest BCUT2D eigenvalue weighted by molar-refractivity contribution is -0.130. The fourth-order valence-electron chi connectivity index (χ4n) is 4.35.